The number of nitriles is 1. The molecule has 2 rings (SSSR count). The minimum Gasteiger partial charge on any atom is -0.324 e. The second kappa shape index (κ2) is 8.69. The lowest BCUT2D eigenvalue weighted by Gasteiger charge is -2.23. The fourth-order valence-electron chi connectivity index (χ4n) is 2.71. The van der Waals surface area contributed by atoms with Crippen molar-refractivity contribution >= 4 is 27.3 Å². The number of benzene rings is 2. The summed E-state index contributed by atoms with van der Waals surface area (Å²) in [5, 5.41) is 11.8. The Labute approximate surface area is 160 Å². The van der Waals surface area contributed by atoms with E-state index >= 15 is 0 Å². The second-order valence-electron chi connectivity index (χ2n) is 6.38. The standard InChI is InChI=1S/C20H23N3O3S/c1-4-15(2)18-10-5-6-11-19(18)22-20(24)14-23(27(3,25)26)17-9-7-8-16(12-17)13-21/h5-12,15H,4,14H2,1-3H3,(H,22,24)/t15-/m0/s1. The summed E-state index contributed by atoms with van der Waals surface area (Å²) in [6, 6.07) is 15.6. The number of nitrogens with zero attached hydrogens (tertiary/aromatic N) is 2. The van der Waals surface area contributed by atoms with Crippen molar-refractivity contribution in [2.75, 3.05) is 22.4 Å². The number of para-hydroxylation sites is 1. The predicted molar refractivity (Wildman–Crippen MR) is 107 cm³/mol. The maximum absolute atomic E-state index is 12.6. The molecular weight excluding hydrogens is 362 g/mol. The van der Waals surface area contributed by atoms with Gasteiger partial charge < -0.3 is 5.32 Å². The first-order chi connectivity index (χ1) is 12.8. The molecule has 0 heterocycles. The molecule has 0 radical (unpaired) electrons. The van der Waals surface area contributed by atoms with Crippen molar-refractivity contribution in [1.29, 1.82) is 5.26 Å². The van der Waals surface area contributed by atoms with Gasteiger partial charge in [0, 0.05) is 5.69 Å². The molecule has 7 heteroatoms. The molecule has 6 nitrogen and oxygen atoms in total. The Balaban J connectivity index is 2.27. The lowest BCUT2D eigenvalue weighted by Crippen LogP contribution is -2.37. The number of sulfonamides is 1. The third kappa shape index (κ3) is 5.31. The molecule has 27 heavy (non-hydrogen) atoms. The summed E-state index contributed by atoms with van der Waals surface area (Å²) >= 11 is 0. The van der Waals surface area contributed by atoms with Crippen LogP contribution in [0.3, 0.4) is 0 Å². The van der Waals surface area contributed by atoms with Crippen molar-refractivity contribution in [2.24, 2.45) is 0 Å². The van der Waals surface area contributed by atoms with E-state index in [0.29, 0.717) is 11.3 Å². The van der Waals surface area contributed by atoms with Gasteiger partial charge in [0.2, 0.25) is 15.9 Å². The summed E-state index contributed by atoms with van der Waals surface area (Å²) in [4.78, 5) is 12.6. The number of nitrogens with one attached hydrogen (secondary N) is 1. The van der Waals surface area contributed by atoms with Gasteiger partial charge in [-0.2, -0.15) is 5.26 Å². The summed E-state index contributed by atoms with van der Waals surface area (Å²) in [6.07, 6.45) is 1.95. The Morgan fingerprint density at radius 3 is 2.56 bits per heavy atom. The number of rotatable bonds is 7. The Kier molecular flexibility index (Phi) is 6.59. The van der Waals surface area contributed by atoms with Crippen LogP contribution < -0.4 is 9.62 Å². The highest BCUT2D eigenvalue weighted by Crippen LogP contribution is 2.26. The zero-order valence-electron chi connectivity index (χ0n) is 15.6. The smallest absolute Gasteiger partial charge is 0.245 e. The van der Waals surface area contributed by atoms with E-state index in [4.69, 9.17) is 5.26 Å². The normalized spacial score (nSPS) is 12.1. The van der Waals surface area contributed by atoms with Gasteiger partial charge in [-0.3, -0.25) is 9.10 Å². The molecule has 142 valence electrons. The van der Waals surface area contributed by atoms with Crippen molar-refractivity contribution in [3.63, 3.8) is 0 Å². The average Bonchev–Trinajstić information content (AvgIpc) is 2.65. The molecule has 0 spiro atoms. The van der Waals surface area contributed by atoms with Gasteiger partial charge in [0.15, 0.2) is 0 Å². The lowest BCUT2D eigenvalue weighted by molar-refractivity contribution is -0.114. The van der Waals surface area contributed by atoms with Crippen LogP contribution in [0, 0.1) is 11.3 Å². The molecule has 0 unspecified atom stereocenters. The second-order valence-corrected chi connectivity index (χ2v) is 8.28. The van der Waals surface area contributed by atoms with Gasteiger partial charge in [0.25, 0.3) is 0 Å². The number of hydrogen-bond donors (Lipinski definition) is 1. The van der Waals surface area contributed by atoms with Crippen LogP contribution in [0.5, 0.6) is 0 Å². The largest absolute Gasteiger partial charge is 0.324 e. The number of hydrogen-bond acceptors (Lipinski definition) is 4. The van der Waals surface area contributed by atoms with Crippen LogP contribution in [0.4, 0.5) is 11.4 Å². The number of carbonyl (C=O) groups is 1. The van der Waals surface area contributed by atoms with Crippen LogP contribution in [0.1, 0.15) is 37.3 Å². The topological polar surface area (TPSA) is 90.3 Å². The highest BCUT2D eigenvalue weighted by molar-refractivity contribution is 7.92. The van der Waals surface area contributed by atoms with Gasteiger partial charge >= 0.3 is 0 Å². The summed E-state index contributed by atoms with van der Waals surface area (Å²) in [5.41, 5.74) is 2.28. The van der Waals surface area contributed by atoms with E-state index in [2.05, 4.69) is 19.2 Å². The Hall–Kier alpha value is -2.85. The molecule has 2 aromatic carbocycles. The monoisotopic (exact) mass is 385 g/mol. The fraction of sp³-hybridized carbons (Fsp3) is 0.300. The van der Waals surface area contributed by atoms with Crippen LogP contribution in [-0.2, 0) is 14.8 Å². The first-order valence-electron chi connectivity index (χ1n) is 8.63. The zero-order valence-corrected chi connectivity index (χ0v) is 16.5. The average molecular weight is 385 g/mol. The van der Waals surface area contributed by atoms with E-state index in [9.17, 15) is 13.2 Å². The molecule has 0 saturated heterocycles. The first kappa shape index (κ1) is 20.5. The zero-order chi connectivity index (χ0) is 20.0. The van der Waals surface area contributed by atoms with E-state index in [1.807, 2.05) is 24.3 Å². The maximum Gasteiger partial charge on any atom is 0.245 e. The summed E-state index contributed by atoms with van der Waals surface area (Å²) < 4.78 is 25.4. The van der Waals surface area contributed by atoms with Gasteiger partial charge in [0.05, 0.1) is 23.6 Å². The lowest BCUT2D eigenvalue weighted by atomic mass is 9.97. The van der Waals surface area contributed by atoms with Crippen LogP contribution in [-0.4, -0.2) is 27.1 Å². The van der Waals surface area contributed by atoms with Crippen molar-refractivity contribution in [3.8, 4) is 6.07 Å². The molecule has 0 aliphatic rings. The molecule has 1 N–H and O–H groups in total. The molecule has 0 aliphatic carbocycles. The highest BCUT2D eigenvalue weighted by Gasteiger charge is 2.22. The molecule has 0 bridgehead atoms. The van der Waals surface area contributed by atoms with Crippen LogP contribution in [0.25, 0.3) is 0 Å². The minimum atomic E-state index is -3.70. The number of carbonyl (C=O) groups excluding carboxylic acids is 1. The Morgan fingerprint density at radius 1 is 1.22 bits per heavy atom. The van der Waals surface area contributed by atoms with Crippen molar-refractivity contribution < 1.29 is 13.2 Å². The molecule has 0 aromatic heterocycles. The van der Waals surface area contributed by atoms with Crippen molar-refractivity contribution in [3.05, 3.63) is 59.7 Å². The van der Waals surface area contributed by atoms with Gasteiger partial charge in [-0.25, -0.2) is 8.42 Å². The van der Waals surface area contributed by atoms with E-state index in [-0.39, 0.29) is 18.2 Å². The molecule has 1 amide bonds. The highest BCUT2D eigenvalue weighted by atomic mass is 32.2. The van der Waals surface area contributed by atoms with Crippen molar-refractivity contribution in [2.45, 2.75) is 26.2 Å². The Morgan fingerprint density at radius 2 is 1.93 bits per heavy atom. The van der Waals surface area contributed by atoms with E-state index in [1.165, 1.54) is 6.07 Å². The van der Waals surface area contributed by atoms with Gasteiger partial charge in [0.1, 0.15) is 6.54 Å². The van der Waals surface area contributed by atoms with Crippen LogP contribution in [0.2, 0.25) is 0 Å². The van der Waals surface area contributed by atoms with E-state index in [1.54, 1.807) is 24.3 Å². The molecular formula is C20H23N3O3S. The molecule has 0 aliphatic heterocycles. The van der Waals surface area contributed by atoms with Gasteiger partial charge in [-0.1, -0.05) is 38.1 Å². The SMILES string of the molecule is CC[C@H](C)c1ccccc1NC(=O)CN(c1cccc(C#N)c1)S(C)(=O)=O. The Bertz CT molecular complexity index is 964. The summed E-state index contributed by atoms with van der Waals surface area (Å²) in [5.74, 6) is -0.182. The predicted octanol–water partition coefficient (Wildman–Crippen LogP) is 3.48. The first-order valence-corrected chi connectivity index (χ1v) is 10.5. The molecule has 0 fully saturated rings. The quantitative estimate of drug-likeness (QED) is 0.790. The number of anilines is 2. The van der Waals surface area contributed by atoms with Crippen molar-refractivity contribution in [1.82, 2.24) is 0 Å². The van der Waals surface area contributed by atoms with Gasteiger partial charge in [-0.05, 0) is 42.2 Å². The molecule has 2 aromatic rings. The summed E-state index contributed by atoms with van der Waals surface area (Å²) in [7, 11) is -3.70. The molecule has 0 saturated carbocycles. The van der Waals surface area contributed by atoms with E-state index in [0.717, 1.165) is 22.5 Å². The minimum absolute atomic E-state index is 0.264. The van der Waals surface area contributed by atoms with Crippen LogP contribution in [0.15, 0.2) is 48.5 Å². The number of amides is 1. The van der Waals surface area contributed by atoms with Crippen LogP contribution >= 0.6 is 0 Å². The summed E-state index contributed by atoms with van der Waals surface area (Å²) in [6.45, 7) is 3.76. The fourth-order valence-corrected chi connectivity index (χ4v) is 3.56. The third-order valence-corrected chi connectivity index (χ3v) is 5.47. The third-order valence-electron chi connectivity index (χ3n) is 4.33. The molecule has 1 atom stereocenters. The maximum atomic E-state index is 12.6. The van der Waals surface area contributed by atoms with Gasteiger partial charge in [-0.15, -0.1) is 0 Å². The van der Waals surface area contributed by atoms with E-state index < -0.39 is 15.9 Å².